The highest BCUT2D eigenvalue weighted by Crippen LogP contribution is 2.38. The van der Waals surface area contributed by atoms with Gasteiger partial charge in [0.25, 0.3) is 0 Å². The Morgan fingerprint density at radius 2 is 1.02 bits per heavy atom. The van der Waals surface area contributed by atoms with Gasteiger partial charge in [-0.05, 0) is 74.0 Å². The number of rotatable bonds is 23. The first-order valence-corrected chi connectivity index (χ1v) is 32.9. The molecular weight excluding hydrogens is 1280 g/mol. The van der Waals surface area contributed by atoms with Gasteiger partial charge in [-0.25, -0.2) is 28.9 Å². The standard InChI is InChI=1S/C46H54N8O7.C29H27ClN6O2/c1-32-10-12-34(13-11-32)54-42(31-41(52-54)46(2,3)4)50-45(55)49-39-14-15-40(38-9-7-6-8-37(38)39)61-43-16-17-47-44(51-43)48-33-28-35(56-5)30-36(29-33)60-27-26-59-25-24-58-23-20-53-18-21-57-22-19-53;1-18-9-11-19(12-10-18)36-25(17-24(35-36)29(2,3)4)33-28(37)32-22-13-14-23(21-8-6-5-7-20(21)22)38-26-15-16-31-27(30)34-26/h6-17,28-31H,18-27H2,1-5H3,(H,47,48,51)(H2,49,50,55);5-17H,1-4H3,(H2,32,33,37). The van der Waals surface area contributed by atoms with E-state index in [1.807, 2.05) is 135 Å². The average Bonchev–Trinajstić information content (AvgIpc) is 1.68. The first kappa shape index (κ1) is 69.7. The van der Waals surface area contributed by atoms with Gasteiger partial charge in [0.2, 0.25) is 23.0 Å². The maximum atomic E-state index is 13.6. The number of morpholine rings is 1. The summed E-state index contributed by atoms with van der Waals surface area (Å²) in [6, 6.07) is 50.3. The number of carbonyl (C=O) groups excluding carboxylic acids is 2. The van der Waals surface area contributed by atoms with E-state index >= 15 is 0 Å². The van der Waals surface area contributed by atoms with Crippen molar-refractivity contribution in [2.75, 3.05) is 99.6 Å². The summed E-state index contributed by atoms with van der Waals surface area (Å²) in [6.07, 6.45) is 3.14. The van der Waals surface area contributed by atoms with E-state index < -0.39 is 6.03 Å². The molecule has 1 aliphatic rings. The van der Waals surface area contributed by atoms with Crippen molar-refractivity contribution in [3.05, 3.63) is 204 Å². The Hall–Kier alpha value is -10.7. The number of hydrogen-bond donors (Lipinski definition) is 5. The predicted molar refractivity (Wildman–Crippen MR) is 387 cm³/mol. The molecule has 4 amide bonds. The second-order valence-corrected chi connectivity index (χ2v) is 25.8. The SMILES string of the molecule is COc1cc(Nc2nccc(Oc3ccc(NC(=O)Nc4cc(C(C)(C)C)nn4-c4ccc(C)cc4)c4ccccc34)n2)cc(OCCOCCOCCN2CCOCC2)c1.Cc1ccc(-n2nc(C(C)(C)C)cc2NC(=O)Nc2ccc(Oc3ccnc(Cl)n3)c3ccccc23)cc1. The van der Waals surface area contributed by atoms with Gasteiger partial charge in [0.05, 0.1) is 80.9 Å². The van der Waals surface area contributed by atoms with Crippen LogP contribution in [0.4, 0.5) is 44.2 Å². The predicted octanol–water partition coefficient (Wildman–Crippen LogP) is 15.9. The molecule has 12 rings (SSSR count). The molecular formula is C75H81ClN14O9. The van der Waals surface area contributed by atoms with Crippen LogP contribution in [0.3, 0.4) is 0 Å². The first-order chi connectivity index (χ1) is 47.8. The number of nitrogens with one attached hydrogen (secondary N) is 5. The van der Waals surface area contributed by atoms with Crippen molar-refractivity contribution >= 4 is 79.9 Å². The molecule has 99 heavy (non-hydrogen) atoms. The van der Waals surface area contributed by atoms with E-state index in [4.69, 9.17) is 55.0 Å². The minimum absolute atomic E-state index is 0.0984. The lowest BCUT2D eigenvalue weighted by Gasteiger charge is -2.26. The number of hydrogen-bond acceptors (Lipinski definition) is 17. The van der Waals surface area contributed by atoms with E-state index in [0.717, 1.165) is 88.3 Å². The fraction of sp³-hybridized carbons (Fsp3) is 0.280. The third-order valence-corrected chi connectivity index (χ3v) is 16.0. The number of aryl methyl sites for hydroxylation is 2. The number of carbonyl (C=O) groups is 2. The fourth-order valence-electron chi connectivity index (χ4n) is 10.5. The molecule has 1 fully saturated rings. The third-order valence-electron chi connectivity index (χ3n) is 15.8. The fourth-order valence-corrected chi connectivity index (χ4v) is 10.7. The summed E-state index contributed by atoms with van der Waals surface area (Å²) >= 11 is 5.90. The zero-order valence-electron chi connectivity index (χ0n) is 56.9. The second-order valence-electron chi connectivity index (χ2n) is 25.4. The Labute approximate surface area is 580 Å². The summed E-state index contributed by atoms with van der Waals surface area (Å²) in [5.74, 6) is 4.41. The normalized spacial score (nSPS) is 12.5. The summed E-state index contributed by atoms with van der Waals surface area (Å²) in [4.78, 5) is 46.1. The Balaban J connectivity index is 0.000000223. The van der Waals surface area contributed by atoms with Crippen LogP contribution in [0, 0.1) is 13.8 Å². The Bertz CT molecular complexity index is 4570. The number of halogens is 1. The third kappa shape index (κ3) is 18.9. The smallest absolute Gasteiger partial charge is 0.324 e. The van der Waals surface area contributed by atoms with Gasteiger partial charge >= 0.3 is 12.1 Å². The van der Waals surface area contributed by atoms with E-state index in [-0.39, 0.29) is 22.1 Å². The van der Waals surface area contributed by atoms with Crippen LogP contribution in [0.15, 0.2) is 176 Å². The van der Waals surface area contributed by atoms with Crippen molar-refractivity contribution in [3.8, 4) is 46.1 Å². The Kier molecular flexibility index (Phi) is 22.6. The molecule has 5 heterocycles. The summed E-state index contributed by atoms with van der Waals surface area (Å²) in [5, 5.41) is 28.1. The number of benzene rings is 7. The summed E-state index contributed by atoms with van der Waals surface area (Å²) in [7, 11) is 1.60. The molecule has 512 valence electrons. The van der Waals surface area contributed by atoms with Crippen molar-refractivity contribution < 1.29 is 42.7 Å². The molecule has 24 heteroatoms. The van der Waals surface area contributed by atoms with Crippen LogP contribution in [0.2, 0.25) is 5.28 Å². The number of anilines is 6. The van der Waals surface area contributed by atoms with Crippen LogP contribution in [0.25, 0.3) is 32.9 Å². The van der Waals surface area contributed by atoms with Gasteiger partial charge in [0, 0.05) is 113 Å². The van der Waals surface area contributed by atoms with E-state index in [1.54, 1.807) is 65.1 Å². The highest BCUT2D eigenvalue weighted by atomic mass is 35.5. The van der Waals surface area contributed by atoms with Gasteiger partial charge in [0.1, 0.15) is 41.2 Å². The zero-order valence-corrected chi connectivity index (χ0v) is 57.6. The molecule has 1 aliphatic heterocycles. The number of methoxy groups -OCH3 is 1. The van der Waals surface area contributed by atoms with Gasteiger partial charge in [-0.2, -0.15) is 20.2 Å². The molecule has 11 aromatic rings. The molecule has 0 aliphatic carbocycles. The molecule has 4 aromatic heterocycles. The van der Waals surface area contributed by atoms with E-state index in [0.29, 0.717) is 102 Å². The largest absolute Gasteiger partial charge is 0.497 e. The van der Waals surface area contributed by atoms with Crippen LogP contribution >= 0.6 is 11.6 Å². The molecule has 7 aromatic carbocycles. The Morgan fingerprint density at radius 1 is 0.535 bits per heavy atom. The topological polar surface area (TPSA) is 249 Å². The van der Waals surface area contributed by atoms with Crippen LogP contribution < -0.4 is 45.5 Å². The van der Waals surface area contributed by atoms with Crippen LogP contribution in [-0.2, 0) is 25.0 Å². The van der Waals surface area contributed by atoms with Crippen molar-refractivity contribution in [1.82, 2.24) is 44.4 Å². The minimum atomic E-state index is -0.408. The lowest BCUT2D eigenvalue weighted by atomic mass is 9.92. The molecule has 0 saturated carbocycles. The van der Waals surface area contributed by atoms with E-state index in [1.165, 1.54) is 6.20 Å². The maximum Gasteiger partial charge on any atom is 0.324 e. The van der Waals surface area contributed by atoms with Gasteiger partial charge in [-0.3, -0.25) is 15.5 Å². The highest BCUT2D eigenvalue weighted by Gasteiger charge is 2.25. The van der Waals surface area contributed by atoms with Crippen LogP contribution in [0.1, 0.15) is 64.1 Å². The van der Waals surface area contributed by atoms with Gasteiger partial charge in [0.15, 0.2) is 0 Å². The summed E-state index contributed by atoms with van der Waals surface area (Å²) in [6.45, 7) is 23.4. The molecule has 5 N–H and O–H groups in total. The second kappa shape index (κ2) is 32.1. The van der Waals surface area contributed by atoms with Gasteiger partial charge < -0.3 is 49.1 Å². The summed E-state index contributed by atoms with van der Waals surface area (Å²) < 4.78 is 44.1. The molecule has 0 atom stereocenters. The van der Waals surface area contributed by atoms with Crippen LogP contribution in [-0.4, -0.2) is 129 Å². The van der Waals surface area contributed by atoms with E-state index in [9.17, 15) is 9.59 Å². The minimum Gasteiger partial charge on any atom is -0.497 e. The van der Waals surface area contributed by atoms with Gasteiger partial charge in [-0.15, -0.1) is 0 Å². The summed E-state index contributed by atoms with van der Waals surface area (Å²) in [5.41, 5.74) is 7.19. The number of amides is 4. The van der Waals surface area contributed by atoms with Gasteiger partial charge in [-0.1, -0.05) is 125 Å². The lowest BCUT2D eigenvalue weighted by Crippen LogP contribution is -2.38. The molecule has 0 radical (unpaired) electrons. The molecule has 1 saturated heterocycles. The number of urea groups is 2. The van der Waals surface area contributed by atoms with Crippen molar-refractivity contribution in [2.24, 2.45) is 0 Å². The number of aromatic nitrogens is 8. The molecule has 23 nitrogen and oxygen atoms in total. The lowest BCUT2D eigenvalue weighted by molar-refractivity contribution is 0.00519. The molecule has 0 bridgehead atoms. The number of fused-ring (bicyclic) bond motifs is 2. The molecule has 0 spiro atoms. The molecule has 0 unspecified atom stereocenters. The average molecular weight is 1360 g/mol. The van der Waals surface area contributed by atoms with Crippen molar-refractivity contribution in [2.45, 2.75) is 66.2 Å². The van der Waals surface area contributed by atoms with Crippen LogP contribution in [0.5, 0.6) is 34.8 Å². The monoisotopic (exact) mass is 1360 g/mol. The van der Waals surface area contributed by atoms with E-state index in [2.05, 4.69) is 93.0 Å². The Morgan fingerprint density at radius 3 is 1.54 bits per heavy atom. The number of ether oxygens (including phenoxy) is 7. The quantitative estimate of drug-likeness (QED) is 0.0295. The highest BCUT2D eigenvalue weighted by molar-refractivity contribution is 6.28. The zero-order chi connectivity index (χ0) is 69.5. The van der Waals surface area contributed by atoms with Crippen molar-refractivity contribution in [3.63, 3.8) is 0 Å². The maximum absolute atomic E-state index is 13.6. The van der Waals surface area contributed by atoms with Crippen molar-refractivity contribution in [1.29, 1.82) is 0 Å². The number of nitrogens with zero attached hydrogens (tertiary/aromatic N) is 9. The first-order valence-electron chi connectivity index (χ1n) is 32.5.